The number of aliphatic hydroxyl groups is 7. The number of nitrogens with two attached hydrogens (primary N) is 1. The van der Waals surface area contributed by atoms with Gasteiger partial charge in [0.15, 0.2) is 30.1 Å². The van der Waals surface area contributed by atoms with Crippen LogP contribution in [0.15, 0.2) is 224 Å². The number of rotatable bonds is 18. The highest BCUT2D eigenvalue weighted by Gasteiger charge is 2.67. The van der Waals surface area contributed by atoms with Crippen molar-refractivity contribution in [2.24, 2.45) is 5.11 Å². The van der Waals surface area contributed by atoms with E-state index in [-0.39, 0.29) is 50.4 Å². The van der Waals surface area contributed by atoms with Gasteiger partial charge in [0.1, 0.15) is 59.3 Å². The van der Waals surface area contributed by atoms with E-state index in [0.717, 1.165) is 49.2 Å². The number of aromatic nitrogens is 10. The first-order valence-corrected chi connectivity index (χ1v) is 38.5. The van der Waals surface area contributed by atoms with Gasteiger partial charge in [-0.05, 0) is 84.4 Å². The van der Waals surface area contributed by atoms with E-state index in [0.29, 0.717) is 45.1 Å². The summed E-state index contributed by atoms with van der Waals surface area (Å²) in [7, 11) is 0. The van der Waals surface area contributed by atoms with Crippen molar-refractivity contribution in [3.63, 3.8) is 0 Å². The lowest BCUT2D eigenvalue weighted by Gasteiger charge is -2.23. The van der Waals surface area contributed by atoms with Crippen LogP contribution in [-0.4, -0.2) is 213 Å². The summed E-state index contributed by atoms with van der Waals surface area (Å²) in [4.78, 5) is 128. The molecule has 5 aliphatic rings. The van der Waals surface area contributed by atoms with Crippen molar-refractivity contribution in [1.82, 2.24) is 47.8 Å². The monoisotopic (exact) mass is 2010 g/mol. The van der Waals surface area contributed by atoms with Crippen molar-refractivity contribution in [1.29, 1.82) is 0 Å². The molecule has 5 fully saturated rings. The Kier molecular flexibility index (Phi) is 31.6. The molecule has 13 N–H and O–H groups in total. The summed E-state index contributed by atoms with van der Waals surface area (Å²) in [5, 5.41) is 78.4. The van der Waals surface area contributed by atoms with E-state index in [2.05, 4.69) is 62.8 Å². The maximum atomic E-state index is 14.6. The van der Waals surface area contributed by atoms with Gasteiger partial charge in [0.05, 0.1) is 13.2 Å². The van der Waals surface area contributed by atoms with Crippen molar-refractivity contribution in [2.75, 3.05) is 49.1 Å². The van der Waals surface area contributed by atoms with Gasteiger partial charge in [-0.2, -0.15) is 68.8 Å². The first-order valence-electron chi connectivity index (χ1n) is 35.5. The average molecular weight is 2010 g/mol. The van der Waals surface area contributed by atoms with E-state index in [1.165, 1.54) is 12.1 Å². The number of nitrogens with zero attached hydrogens (tertiary/aromatic N) is 13. The van der Waals surface area contributed by atoms with Gasteiger partial charge in [0, 0.05) is 67.0 Å². The molecule has 666 valence electrons. The van der Waals surface area contributed by atoms with Gasteiger partial charge in [0.25, 0.3) is 23.6 Å². The summed E-state index contributed by atoms with van der Waals surface area (Å²) in [6.07, 6.45) is -20.7. The van der Waals surface area contributed by atoms with Gasteiger partial charge in [-0.3, -0.25) is 42.0 Å². The minimum absolute atomic E-state index is 0. The molecule has 10 heterocycles. The van der Waals surface area contributed by atoms with Crippen LogP contribution in [0.25, 0.3) is 10.4 Å². The summed E-state index contributed by atoms with van der Waals surface area (Å²) in [5.74, 6) is -22.0. The maximum absolute atomic E-state index is 14.6. The van der Waals surface area contributed by atoms with Crippen molar-refractivity contribution in [2.45, 2.75) is 115 Å². The van der Waals surface area contributed by atoms with E-state index >= 15 is 0 Å². The summed E-state index contributed by atoms with van der Waals surface area (Å²) in [6.45, 7) is 1.56. The fourth-order valence-corrected chi connectivity index (χ4v) is 13.3. The largest absolute Gasteiger partial charge is 0.465 e. The number of alkyl halides is 12. The van der Waals surface area contributed by atoms with E-state index in [1.807, 2.05) is 22.6 Å². The SMILES string of the molecule is C=C1O[C@@H](n2ccc(NC(=O)c3ccccc3)nc2=O)C(F)(F)[C@@H]1O.Cl.Nc1ccn([C@@H]2O[C@H](CO)[C@@H](O)C2(F)F)c(=O)n1.O=C(Nc1ccn([C@@H]2O[C@H](CI)[C@@H](O)C2(F)F)c(=O)n1)c1ccccc1.O=C(Nc1ccn([C@@H]2O[C@H](CO)[C@@H](O)C2(F)F)c(=O)n1)c1ccccc1.[N-]=[N+]=N[C@]1(CI)O[C@@H](n2ccc(NC(=O)c3ccccc3)nc2=O)C(F)(F)[C@@H]1O. The van der Waals surface area contributed by atoms with Crippen LogP contribution in [0.2, 0.25) is 0 Å². The lowest BCUT2D eigenvalue weighted by molar-refractivity contribution is -0.141. The Morgan fingerprint density at radius 1 is 0.448 bits per heavy atom. The number of hydrogen-bond acceptors (Lipinski definition) is 28. The fourth-order valence-electron chi connectivity index (χ4n) is 11.9. The molecule has 0 spiro atoms. The molecular weight excluding hydrogens is 1940 g/mol. The zero-order valence-electron chi connectivity index (χ0n) is 63.0. The molecule has 52 heteroatoms. The highest BCUT2D eigenvalue weighted by Crippen LogP contribution is 2.50. The highest BCUT2D eigenvalue weighted by molar-refractivity contribution is 14.1. The summed E-state index contributed by atoms with van der Waals surface area (Å²) in [6, 6.07) is 38.5. The fraction of sp³-hybridized carbons (Fsp3) is 0.315. The lowest BCUT2D eigenvalue weighted by Crippen LogP contribution is -2.46. The first-order chi connectivity index (χ1) is 58.6. The number of azide groups is 1. The smallest absolute Gasteiger partial charge is 0.352 e. The van der Waals surface area contributed by atoms with Crippen molar-refractivity contribution in [3.05, 3.63) is 280 Å². The Balaban J connectivity index is 0.000000178. The Labute approximate surface area is 726 Å². The predicted octanol–water partition coefficient (Wildman–Crippen LogP) is 5.34. The molecule has 0 radical (unpaired) electrons. The summed E-state index contributed by atoms with van der Waals surface area (Å²) >= 11 is 3.44. The Morgan fingerprint density at radius 2 is 0.736 bits per heavy atom. The number of hydrogen-bond donors (Lipinski definition) is 12. The molecular formula is C73H67ClF10I2N18O21. The maximum Gasteiger partial charge on any atom is 0.352 e. The zero-order valence-corrected chi connectivity index (χ0v) is 68.2. The van der Waals surface area contributed by atoms with Gasteiger partial charge >= 0.3 is 58.1 Å². The van der Waals surface area contributed by atoms with Crippen LogP contribution < -0.4 is 55.4 Å². The average Bonchev–Trinajstić information content (AvgIpc) is 1.55. The van der Waals surface area contributed by atoms with E-state index < -0.39 is 186 Å². The molecule has 4 aromatic carbocycles. The van der Waals surface area contributed by atoms with Crippen LogP contribution in [0.4, 0.5) is 73.0 Å². The van der Waals surface area contributed by atoms with Crippen LogP contribution in [0.5, 0.6) is 0 Å². The van der Waals surface area contributed by atoms with Gasteiger partial charge in [-0.15, -0.1) is 12.4 Å². The molecule has 0 saturated carbocycles. The third kappa shape index (κ3) is 21.3. The van der Waals surface area contributed by atoms with Crippen LogP contribution in [0.1, 0.15) is 72.6 Å². The topological polar surface area (TPSA) is 553 Å². The molecule has 39 nitrogen and oxygen atoms in total. The van der Waals surface area contributed by atoms with Gasteiger partial charge in [-0.1, -0.05) is 130 Å². The highest BCUT2D eigenvalue weighted by atomic mass is 127. The predicted molar refractivity (Wildman–Crippen MR) is 431 cm³/mol. The van der Waals surface area contributed by atoms with Crippen molar-refractivity contribution >= 4 is 110 Å². The molecule has 4 amide bonds. The van der Waals surface area contributed by atoms with Gasteiger partial charge in [0.2, 0.25) is 31.1 Å². The van der Waals surface area contributed by atoms with Crippen molar-refractivity contribution < 1.29 is 123 Å². The Bertz CT molecular complexity index is 5590. The van der Waals surface area contributed by atoms with Crippen molar-refractivity contribution in [3.8, 4) is 0 Å². The zero-order chi connectivity index (χ0) is 90.7. The third-order valence-corrected chi connectivity index (χ3v) is 20.3. The summed E-state index contributed by atoms with van der Waals surface area (Å²) < 4.78 is 168. The van der Waals surface area contributed by atoms with Gasteiger partial charge in [-0.25, -0.2) is 24.0 Å². The lowest BCUT2D eigenvalue weighted by atomic mass is 10.1. The number of benzene rings is 4. The molecule has 0 bridgehead atoms. The summed E-state index contributed by atoms with van der Waals surface area (Å²) in [5.41, 5.74) is 7.59. The second-order valence-corrected chi connectivity index (χ2v) is 28.2. The third-order valence-electron chi connectivity index (χ3n) is 18.3. The van der Waals surface area contributed by atoms with E-state index in [9.17, 15) is 113 Å². The van der Waals surface area contributed by atoms with Crippen LogP contribution in [0.3, 0.4) is 0 Å². The molecule has 0 aliphatic carbocycles. The van der Waals surface area contributed by atoms with Gasteiger partial charge < -0.3 is 86.4 Å². The Morgan fingerprint density at radius 3 is 0.992 bits per heavy atom. The number of ether oxygens (including phenoxy) is 5. The molecule has 14 rings (SSSR count). The minimum atomic E-state index is -3.94. The normalized spacial score (nSPS) is 24.7. The molecule has 0 unspecified atom stereocenters. The second-order valence-electron chi connectivity index (χ2n) is 26.5. The number of amides is 4. The molecule has 5 saturated heterocycles. The number of nitrogen functional groups attached to an aromatic ring is 1. The number of carbonyl (C=O) groups excluding carboxylic acids is 4. The minimum Gasteiger partial charge on any atom is -0.465 e. The second kappa shape index (κ2) is 40.6. The molecule has 14 atom stereocenters. The Hall–Kier alpha value is -11.6. The van der Waals surface area contributed by atoms with Crippen LogP contribution in [-0.2, 0) is 23.7 Å². The van der Waals surface area contributed by atoms with Crippen LogP contribution >= 0.6 is 57.6 Å². The standard InChI is InChI=1S/C16H13F2IN6O4.C16H14F2IN3O4.C16H15F2N3O5.C16H13F2N3O4.C9H11F2N3O4.ClH/c17-16(18)12(27)15(8-19,23-24-20)29-13(16)25-7-6-10(22-14(25)28)21-11(26)9-4-2-1-3-5-9;17-16(18)12(23)10(8-19)26-14(16)22-7-6-11(21-15(22)25)20-13(24)9-4-2-1-3-5-9;17-16(18)12(23)10(8-22)26-14(16)21-7-6-11(20-15(21)25)19-13(24)9-4-2-1-3-5-9;1-9-12(22)16(17,18)14(25-9)21-8-7-11(20-15(21)24)19-13(23)10-5-3-2-4-6-10;10-9(11)6(16)4(3-15)18-7(9)14-2-1-5(12)13-8(14)17;/h1-7,12-13,27H,8H2,(H,21,22,26,28);1-7,10,12,14,23H,8H2,(H,20,21,24,25);1-7,10,12,14,22-23H,8H2,(H,19,20,24,25);2-8,12,14,22H,1H2,(H,19,20,23,24);1-2,4,6-7,15-16H,3H2,(H2,12,13,17);1H/t12-,13-,15-;2*10-,12-,14-;12-,14-;4-,6-,7-;/m11111./s1. The number of nitrogens with one attached hydrogen (secondary N) is 4. The molecule has 5 aliphatic heterocycles. The number of halogens is 13. The van der Waals surface area contributed by atoms with E-state index in [4.69, 9.17) is 45.2 Å². The number of aliphatic hydroxyl groups excluding tert-OH is 7. The number of anilines is 5. The molecule has 125 heavy (non-hydrogen) atoms. The van der Waals surface area contributed by atoms with Crippen LogP contribution in [0, 0.1) is 0 Å². The first kappa shape index (κ1) is 97.2. The molecule has 5 aromatic heterocycles. The quantitative estimate of drug-likeness (QED) is 0.0129. The molecule has 9 aromatic rings. The van der Waals surface area contributed by atoms with E-state index in [1.54, 1.807) is 144 Å². The number of carbonyl (C=O) groups is 4.